The molecule has 1 saturated heterocycles. The molecule has 1 amide bonds. The quantitative estimate of drug-likeness (QED) is 0.444. The molecule has 0 aliphatic carbocycles. The zero-order valence-corrected chi connectivity index (χ0v) is 17.1. The highest BCUT2D eigenvalue weighted by Gasteiger charge is 2.45. The third-order valence-electron chi connectivity index (χ3n) is 5.44. The van der Waals surface area contributed by atoms with Crippen LogP contribution in [-0.4, -0.2) is 57.8 Å². The lowest BCUT2D eigenvalue weighted by Crippen LogP contribution is -2.38. The Hall–Kier alpha value is -2.99. The second-order valence-corrected chi connectivity index (χ2v) is 7.17. The van der Waals surface area contributed by atoms with E-state index in [0.29, 0.717) is 18.7 Å². The largest absolute Gasteiger partial charge is 0.507 e. The van der Waals surface area contributed by atoms with E-state index in [1.54, 1.807) is 41.6 Å². The molecule has 2 aromatic rings. The van der Waals surface area contributed by atoms with Crippen LogP contribution in [0.2, 0.25) is 0 Å². The van der Waals surface area contributed by atoms with Gasteiger partial charge in [-0.3, -0.25) is 14.6 Å². The summed E-state index contributed by atoms with van der Waals surface area (Å²) in [5, 5.41) is 11.0. The molecule has 1 N–H and O–H groups in total. The average Bonchev–Trinajstić information content (AvgIpc) is 3.00. The van der Waals surface area contributed by atoms with Crippen molar-refractivity contribution < 1.29 is 14.7 Å². The monoisotopic (exact) mass is 393 g/mol. The second-order valence-electron chi connectivity index (χ2n) is 7.17. The summed E-state index contributed by atoms with van der Waals surface area (Å²) in [7, 11) is 0. The van der Waals surface area contributed by atoms with Gasteiger partial charge in [0.15, 0.2) is 0 Å². The summed E-state index contributed by atoms with van der Waals surface area (Å²) in [4.78, 5) is 33.6. The molecule has 6 nitrogen and oxygen atoms in total. The van der Waals surface area contributed by atoms with Crippen LogP contribution in [-0.2, 0) is 9.59 Å². The Morgan fingerprint density at radius 3 is 2.28 bits per heavy atom. The predicted molar refractivity (Wildman–Crippen MR) is 112 cm³/mol. The lowest BCUT2D eigenvalue weighted by molar-refractivity contribution is -0.140. The van der Waals surface area contributed by atoms with Gasteiger partial charge >= 0.3 is 0 Å². The van der Waals surface area contributed by atoms with Crippen LogP contribution in [0.1, 0.15) is 36.6 Å². The first-order chi connectivity index (χ1) is 14.0. The van der Waals surface area contributed by atoms with E-state index in [1.807, 2.05) is 19.1 Å². The molecule has 1 aromatic carbocycles. The number of aryl methyl sites for hydroxylation is 1. The number of aliphatic hydroxyl groups excluding tert-OH is 1. The van der Waals surface area contributed by atoms with Gasteiger partial charge in [0, 0.05) is 31.0 Å². The Labute approximate surface area is 171 Å². The van der Waals surface area contributed by atoms with Crippen molar-refractivity contribution in [3.8, 4) is 0 Å². The highest BCUT2D eigenvalue weighted by Crippen LogP contribution is 2.39. The summed E-state index contributed by atoms with van der Waals surface area (Å²) in [5.74, 6) is -1.37. The van der Waals surface area contributed by atoms with Gasteiger partial charge in [0.2, 0.25) is 0 Å². The van der Waals surface area contributed by atoms with Gasteiger partial charge in [0.1, 0.15) is 5.76 Å². The van der Waals surface area contributed by atoms with Gasteiger partial charge in [0.25, 0.3) is 11.7 Å². The third kappa shape index (κ3) is 4.22. The second kappa shape index (κ2) is 9.01. The van der Waals surface area contributed by atoms with E-state index < -0.39 is 17.7 Å². The Morgan fingerprint density at radius 2 is 1.69 bits per heavy atom. The van der Waals surface area contributed by atoms with Gasteiger partial charge in [0.05, 0.1) is 11.6 Å². The lowest BCUT2D eigenvalue weighted by atomic mass is 9.95. The number of likely N-dealkylation sites (N-methyl/N-ethyl adjacent to an activating group) is 1. The number of benzene rings is 1. The van der Waals surface area contributed by atoms with Crippen molar-refractivity contribution in [2.75, 3.05) is 26.2 Å². The predicted octanol–water partition coefficient (Wildman–Crippen LogP) is 3.15. The number of carbonyl (C=O) groups is 2. The van der Waals surface area contributed by atoms with Crippen LogP contribution < -0.4 is 0 Å². The number of likely N-dealkylation sites (tertiary alicyclic amines) is 1. The first kappa shape index (κ1) is 20.7. The molecule has 152 valence electrons. The number of Topliss-reactive ketones (excluding diaryl/α,β-unsaturated/α-hetero) is 1. The molecule has 1 fully saturated rings. The summed E-state index contributed by atoms with van der Waals surface area (Å²) in [6.07, 6.45) is 3.26. The summed E-state index contributed by atoms with van der Waals surface area (Å²) in [6.45, 7) is 8.88. The Balaban J connectivity index is 2.06. The van der Waals surface area contributed by atoms with Crippen LogP contribution in [0.4, 0.5) is 0 Å². The Bertz CT molecular complexity index is 903. The number of nitrogens with zero attached hydrogens (tertiary/aromatic N) is 3. The van der Waals surface area contributed by atoms with E-state index in [2.05, 4.69) is 23.7 Å². The van der Waals surface area contributed by atoms with Crippen LogP contribution in [0.3, 0.4) is 0 Å². The van der Waals surface area contributed by atoms with Crippen molar-refractivity contribution in [2.45, 2.75) is 26.8 Å². The third-order valence-corrected chi connectivity index (χ3v) is 5.44. The van der Waals surface area contributed by atoms with E-state index in [1.165, 1.54) is 0 Å². The minimum absolute atomic E-state index is 0.129. The number of carbonyl (C=O) groups excluding carboxylic acids is 2. The molecule has 6 heteroatoms. The van der Waals surface area contributed by atoms with E-state index in [4.69, 9.17) is 0 Å². The molecule has 1 aliphatic rings. The molecule has 0 radical (unpaired) electrons. The standard InChI is InChI=1S/C23H27N3O3/c1-4-25(5-2)14-15-26-20(17-10-12-24-13-11-17)19(22(28)23(26)29)21(27)18-8-6-16(3)7-9-18/h6-13,20,27H,4-5,14-15H2,1-3H3/b21-19+/t20-/m1/s1. The molecule has 3 rings (SSSR count). The number of amides is 1. The van der Waals surface area contributed by atoms with Gasteiger partial charge < -0.3 is 14.9 Å². The maximum atomic E-state index is 12.9. The fourth-order valence-electron chi connectivity index (χ4n) is 3.66. The number of ketones is 1. The molecular weight excluding hydrogens is 366 g/mol. The SMILES string of the molecule is CCN(CC)CCN1C(=O)C(=O)/C(=C(/O)c2ccc(C)cc2)[C@H]1c1ccncc1. The summed E-state index contributed by atoms with van der Waals surface area (Å²) in [6, 6.07) is 10.2. The Morgan fingerprint density at radius 1 is 1.07 bits per heavy atom. The van der Waals surface area contributed by atoms with E-state index >= 15 is 0 Å². The smallest absolute Gasteiger partial charge is 0.295 e. The first-order valence-electron chi connectivity index (χ1n) is 9.95. The highest BCUT2D eigenvalue weighted by molar-refractivity contribution is 6.46. The first-order valence-corrected chi connectivity index (χ1v) is 9.95. The number of hydrogen-bond acceptors (Lipinski definition) is 5. The maximum absolute atomic E-state index is 12.9. The van der Waals surface area contributed by atoms with Crippen molar-refractivity contribution in [3.05, 3.63) is 71.1 Å². The van der Waals surface area contributed by atoms with Crippen LogP contribution in [0.5, 0.6) is 0 Å². The van der Waals surface area contributed by atoms with Crippen molar-refractivity contribution >= 4 is 17.4 Å². The summed E-state index contributed by atoms with van der Waals surface area (Å²) in [5.41, 5.74) is 2.46. The van der Waals surface area contributed by atoms with Crippen molar-refractivity contribution in [3.63, 3.8) is 0 Å². The van der Waals surface area contributed by atoms with Gasteiger partial charge in [-0.15, -0.1) is 0 Å². The number of pyridine rings is 1. The zero-order valence-electron chi connectivity index (χ0n) is 17.1. The molecule has 0 saturated carbocycles. The van der Waals surface area contributed by atoms with Crippen molar-refractivity contribution in [1.82, 2.24) is 14.8 Å². The fourth-order valence-corrected chi connectivity index (χ4v) is 3.66. The van der Waals surface area contributed by atoms with Crippen LogP contribution in [0, 0.1) is 6.92 Å². The van der Waals surface area contributed by atoms with E-state index in [9.17, 15) is 14.7 Å². The number of rotatable bonds is 7. The number of aliphatic hydroxyl groups is 1. The van der Waals surface area contributed by atoms with Gasteiger partial charge in [-0.1, -0.05) is 43.7 Å². The number of aromatic nitrogens is 1. The molecule has 1 aliphatic heterocycles. The zero-order chi connectivity index (χ0) is 21.0. The molecule has 29 heavy (non-hydrogen) atoms. The molecule has 1 atom stereocenters. The van der Waals surface area contributed by atoms with Crippen LogP contribution in [0.25, 0.3) is 5.76 Å². The number of hydrogen-bond donors (Lipinski definition) is 1. The van der Waals surface area contributed by atoms with Crippen LogP contribution >= 0.6 is 0 Å². The summed E-state index contributed by atoms with van der Waals surface area (Å²) < 4.78 is 0. The molecule has 0 bridgehead atoms. The highest BCUT2D eigenvalue weighted by atomic mass is 16.3. The average molecular weight is 393 g/mol. The molecule has 0 unspecified atom stereocenters. The normalized spacial score (nSPS) is 18.6. The lowest BCUT2D eigenvalue weighted by Gasteiger charge is -2.28. The molecule has 2 heterocycles. The van der Waals surface area contributed by atoms with Crippen LogP contribution in [0.15, 0.2) is 54.4 Å². The van der Waals surface area contributed by atoms with Gasteiger partial charge in [-0.05, 0) is 37.7 Å². The van der Waals surface area contributed by atoms with Crippen molar-refractivity contribution in [2.24, 2.45) is 0 Å². The Kier molecular flexibility index (Phi) is 6.44. The van der Waals surface area contributed by atoms with Gasteiger partial charge in [-0.2, -0.15) is 0 Å². The topological polar surface area (TPSA) is 73.7 Å². The molecule has 1 aromatic heterocycles. The molecule has 0 spiro atoms. The minimum Gasteiger partial charge on any atom is -0.507 e. The van der Waals surface area contributed by atoms with E-state index in [-0.39, 0.29) is 11.3 Å². The van der Waals surface area contributed by atoms with Gasteiger partial charge in [-0.25, -0.2) is 0 Å². The maximum Gasteiger partial charge on any atom is 0.295 e. The molecular formula is C23H27N3O3. The minimum atomic E-state index is -0.649. The summed E-state index contributed by atoms with van der Waals surface area (Å²) >= 11 is 0. The fraction of sp³-hybridized carbons (Fsp3) is 0.348. The van der Waals surface area contributed by atoms with E-state index in [0.717, 1.165) is 24.2 Å². The van der Waals surface area contributed by atoms with Crippen molar-refractivity contribution in [1.29, 1.82) is 0 Å².